The highest BCUT2D eigenvalue weighted by atomic mass is 35.5. The van der Waals surface area contributed by atoms with Crippen molar-refractivity contribution in [2.24, 2.45) is 0 Å². The quantitative estimate of drug-likeness (QED) is 0.855. The first kappa shape index (κ1) is 15.4. The van der Waals surface area contributed by atoms with E-state index in [0.717, 1.165) is 5.56 Å². The topological polar surface area (TPSA) is 68.8 Å². The SMILES string of the molecule is O=C(NCCc1cc(Cl)c2c(c1)OCCO2)C1COCCN1. The lowest BCUT2D eigenvalue weighted by Gasteiger charge is -2.23. The average molecular weight is 327 g/mol. The molecule has 0 spiro atoms. The Hall–Kier alpha value is -1.50. The zero-order valence-corrected chi connectivity index (χ0v) is 12.9. The molecule has 0 saturated carbocycles. The van der Waals surface area contributed by atoms with E-state index in [1.54, 1.807) is 0 Å². The summed E-state index contributed by atoms with van der Waals surface area (Å²) in [6.07, 6.45) is 0.676. The van der Waals surface area contributed by atoms with Crippen molar-refractivity contribution in [2.75, 3.05) is 39.5 Å². The van der Waals surface area contributed by atoms with Gasteiger partial charge in [0, 0.05) is 13.1 Å². The van der Waals surface area contributed by atoms with Gasteiger partial charge in [-0.15, -0.1) is 0 Å². The van der Waals surface area contributed by atoms with E-state index in [2.05, 4.69) is 10.6 Å². The van der Waals surface area contributed by atoms with Gasteiger partial charge in [0.2, 0.25) is 5.91 Å². The molecule has 6 nitrogen and oxygen atoms in total. The van der Waals surface area contributed by atoms with E-state index in [0.29, 0.717) is 62.5 Å². The van der Waals surface area contributed by atoms with Crippen LogP contribution in [0.4, 0.5) is 0 Å². The predicted octanol–water partition coefficient (Wildman–Crippen LogP) is 0.758. The monoisotopic (exact) mass is 326 g/mol. The first-order valence-corrected chi connectivity index (χ1v) is 7.78. The van der Waals surface area contributed by atoms with Gasteiger partial charge in [-0.3, -0.25) is 4.79 Å². The zero-order valence-electron chi connectivity index (χ0n) is 12.2. The van der Waals surface area contributed by atoms with E-state index in [-0.39, 0.29) is 11.9 Å². The fraction of sp³-hybridized carbons (Fsp3) is 0.533. The molecule has 0 radical (unpaired) electrons. The molecule has 2 N–H and O–H groups in total. The van der Waals surface area contributed by atoms with E-state index < -0.39 is 0 Å². The van der Waals surface area contributed by atoms with Crippen LogP contribution in [0, 0.1) is 0 Å². The summed E-state index contributed by atoms with van der Waals surface area (Å²) in [6.45, 7) is 3.35. The van der Waals surface area contributed by atoms with Crippen molar-refractivity contribution < 1.29 is 19.0 Å². The summed E-state index contributed by atoms with van der Waals surface area (Å²) in [4.78, 5) is 12.0. The van der Waals surface area contributed by atoms with Gasteiger partial charge >= 0.3 is 0 Å². The van der Waals surface area contributed by atoms with Crippen LogP contribution in [0.3, 0.4) is 0 Å². The Labute approximate surface area is 134 Å². The number of nitrogens with one attached hydrogen (secondary N) is 2. The summed E-state index contributed by atoms with van der Waals surface area (Å²) in [6, 6.07) is 3.50. The summed E-state index contributed by atoms with van der Waals surface area (Å²) in [5.74, 6) is 1.23. The summed E-state index contributed by atoms with van der Waals surface area (Å²) in [5, 5.41) is 6.57. The van der Waals surface area contributed by atoms with Crippen LogP contribution in [-0.4, -0.2) is 51.5 Å². The van der Waals surface area contributed by atoms with Crippen LogP contribution in [0.15, 0.2) is 12.1 Å². The molecule has 1 aromatic carbocycles. The van der Waals surface area contributed by atoms with Crippen LogP contribution in [0.25, 0.3) is 0 Å². The average Bonchev–Trinajstić information content (AvgIpc) is 2.56. The van der Waals surface area contributed by atoms with Crippen LogP contribution in [0.1, 0.15) is 5.56 Å². The number of carbonyl (C=O) groups is 1. The normalized spacial score (nSPS) is 20.5. The Balaban J connectivity index is 1.53. The van der Waals surface area contributed by atoms with Crippen molar-refractivity contribution in [3.8, 4) is 11.5 Å². The maximum absolute atomic E-state index is 12.0. The predicted molar refractivity (Wildman–Crippen MR) is 81.8 cm³/mol. The van der Waals surface area contributed by atoms with E-state index in [4.69, 9.17) is 25.8 Å². The molecule has 22 heavy (non-hydrogen) atoms. The number of carbonyl (C=O) groups excluding carboxylic acids is 1. The lowest BCUT2D eigenvalue weighted by atomic mass is 10.1. The van der Waals surface area contributed by atoms with E-state index in [9.17, 15) is 4.79 Å². The highest BCUT2D eigenvalue weighted by molar-refractivity contribution is 6.32. The molecule has 1 atom stereocenters. The first-order chi connectivity index (χ1) is 10.7. The van der Waals surface area contributed by atoms with Crippen LogP contribution in [-0.2, 0) is 16.0 Å². The van der Waals surface area contributed by atoms with Gasteiger partial charge < -0.3 is 24.8 Å². The van der Waals surface area contributed by atoms with Crippen LogP contribution < -0.4 is 20.1 Å². The molecule has 1 saturated heterocycles. The molecule has 0 aliphatic carbocycles. The standard InChI is InChI=1S/C15H19ClN2O4/c16-11-7-10(8-13-14(11)22-6-5-21-13)1-2-18-15(19)12-9-20-4-3-17-12/h7-8,12,17H,1-6,9H2,(H,18,19). The third kappa shape index (κ3) is 3.63. The van der Waals surface area contributed by atoms with Gasteiger partial charge in [-0.1, -0.05) is 11.6 Å². The van der Waals surface area contributed by atoms with E-state index >= 15 is 0 Å². The number of fused-ring (bicyclic) bond motifs is 1. The van der Waals surface area contributed by atoms with Gasteiger partial charge in [-0.05, 0) is 24.1 Å². The van der Waals surface area contributed by atoms with Crippen LogP contribution in [0.5, 0.6) is 11.5 Å². The van der Waals surface area contributed by atoms with Crippen molar-refractivity contribution in [1.29, 1.82) is 0 Å². The number of ether oxygens (including phenoxy) is 3. The minimum atomic E-state index is -0.266. The molecule has 1 unspecified atom stereocenters. The highest BCUT2D eigenvalue weighted by Gasteiger charge is 2.21. The Kier molecular flexibility index (Phi) is 5.02. The zero-order chi connectivity index (χ0) is 15.4. The molecule has 3 rings (SSSR count). The molecule has 7 heteroatoms. The second-order valence-electron chi connectivity index (χ2n) is 5.22. The first-order valence-electron chi connectivity index (χ1n) is 7.41. The molecule has 2 aliphatic rings. The van der Waals surface area contributed by atoms with Gasteiger partial charge in [0.25, 0.3) is 0 Å². The molecule has 2 heterocycles. The van der Waals surface area contributed by atoms with Crippen molar-refractivity contribution in [3.63, 3.8) is 0 Å². The summed E-state index contributed by atoms with van der Waals surface area (Å²) in [5.41, 5.74) is 1.00. The molecule has 0 bridgehead atoms. The van der Waals surface area contributed by atoms with Crippen LogP contribution >= 0.6 is 11.6 Å². The highest BCUT2D eigenvalue weighted by Crippen LogP contribution is 2.38. The molecule has 120 valence electrons. The van der Waals surface area contributed by atoms with Crippen molar-refractivity contribution in [3.05, 3.63) is 22.7 Å². The molecule has 1 aromatic rings. The second-order valence-corrected chi connectivity index (χ2v) is 5.63. The molecule has 1 amide bonds. The number of amides is 1. The number of benzene rings is 1. The van der Waals surface area contributed by atoms with Gasteiger partial charge in [0.1, 0.15) is 19.3 Å². The van der Waals surface area contributed by atoms with Crippen LogP contribution in [0.2, 0.25) is 5.02 Å². The van der Waals surface area contributed by atoms with Crippen molar-refractivity contribution >= 4 is 17.5 Å². The maximum Gasteiger partial charge on any atom is 0.239 e. The summed E-state index contributed by atoms with van der Waals surface area (Å²) < 4.78 is 16.3. The summed E-state index contributed by atoms with van der Waals surface area (Å²) in [7, 11) is 0. The van der Waals surface area contributed by atoms with Crippen molar-refractivity contribution in [1.82, 2.24) is 10.6 Å². The van der Waals surface area contributed by atoms with Gasteiger partial charge in [-0.25, -0.2) is 0 Å². The van der Waals surface area contributed by atoms with E-state index in [1.165, 1.54) is 0 Å². The Bertz CT molecular complexity index is 547. The third-order valence-electron chi connectivity index (χ3n) is 3.61. The molecule has 0 aromatic heterocycles. The fourth-order valence-electron chi connectivity index (χ4n) is 2.50. The minimum absolute atomic E-state index is 0.0386. The third-order valence-corrected chi connectivity index (χ3v) is 3.89. The van der Waals surface area contributed by atoms with Gasteiger partial charge in [0.15, 0.2) is 11.5 Å². The smallest absolute Gasteiger partial charge is 0.239 e. The number of rotatable bonds is 4. The Morgan fingerprint density at radius 1 is 1.32 bits per heavy atom. The molecular weight excluding hydrogens is 308 g/mol. The summed E-state index contributed by atoms with van der Waals surface area (Å²) >= 11 is 6.19. The Morgan fingerprint density at radius 3 is 3.00 bits per heavy atom. The Morgan fingerprint density at radius 2 is 2.18 bits per heavy atom. The molecule has 2 aliphatic heterocycles. The lowest BCUT2D eigenvalue weighted by Crippen LogP contribution is -2.51. The minimum Gasteiger partial charge on any atom is -0.486 e. The fourth-order valence-corrected chi connectivity index (χ4v) is 2.78. The van der Waals surface area contributed by atoms with E-state index in [1.807, 2.05) is 12.1 Å². The molecule has 1 fully saturated rings. The number of morpholine rings is 1. The van der Waals surface area contributed by atoms with Gasteiger partial charge in [-0.2, -0.15) is 0 Å². The number of hydrogen-bond acceptors (Lipinski definition) is 5. The van der Waals surface area contributed by atoms with Gasteiger partial charge in [0.05, 0.1) is 18.2 Å². The number of halogens is 1. The maximum atomic E-state index is 12.0. The largest absolute Gasteiger partial charge is 0.486 e. The second kappa shape index (κ2) is 7.17. The lowest BCUT2D eigenvalue weighted by molar-refractivity contribution is -0.125. The number of hydrogen-bond donors (Lipinski definition) is 2. The molecular formula is C15H19ClN2O4. The van der Waals surface area contributed by atoms with Crippen molar-refractivity contribution in [2.45, 2.75) is 12.5 Å².